The maximum Gasteiger partial charge on any atom is 0.226 e. The Hall–Kier alpha value is -1.87. The highest BCUT2D eigenvalue weighted by Gasteiger charge is 2.17. The Kier molecular flexibility index (Phi) is 4.97. The van der Waals surface area contributed by atoms with E-state index in [1.165, 1.54) is 4.88 Å². The molecule has 0 aromatic carbocycles. The van der Waals surface area contributed by atoms with Crippen molar-refractivity contribution < 1.29 is 0 Å². The predicted molar refractivity (Wildman–Crippen MR) is 89.0 cm³/mol. The van der Waals surface area contributed by atoms with Crippen molar-refractivity contribution in [3.63, 3.8) is 0 Å². The van der Waals surface area contributed by atoms with Crippen LogP contribution in [0.2, 0.25) is 0 Å². The van der Waals surface area contributed by atoms with Crippen LogP contribution in [-0.2, 0) is 0 Å². The number of fused-ring (bicyclic) bond motifs is 1. The summed E-state index contributed by atoms with van der Waals surface area (Å²) in [6.45, 7) is 7.08. The Morgan fingerprint density at radius 3 is 2.90 bits per heavy atom. The first kappa shape index (κ1) is 15.5. The molecule has 2 heterocycles. The van der Waals surface area contributed by atoms with Gasteiger partial charge in [-0.25, -0.2) is 4.98 Å². The Bertz CT molecular complexity index is 658. The van der Waals surface area contributed by atoms with Crippen LogP contribution in [0.15, 0.2) is 6.07 Å². The zero-order valence-electron chi connectivity index (χ0n) is 13.0. The number of anilines is 2. The van der Waals surface area contributed by atoms with Crippen LogP contribution in [-0.4, -0.2) is 29.6 Å². The van der Waals surface area contributed by atoms with Crippen molar-refractivity contribution in [1.29, 1.82) is 5.26 Å². The summed E-state index contributed by atoms with van der Waals surface area (Å²) in [4.78, 5) is 13.5. The van der Waals surface area contributed by atoms with Gasteiger partial charge in [0.15, 0.2) is 0 Å². The maximum absolute atomic E-state index is 8.90. The topological polar surface area (TPSA) is 64.8 Å². The van der Waals surface area contributed by atoms with Crippen molar-refractivity contribution in [2.75, 3.05) is 23.8 Å². The molecule has 0 saturated heterocycles. The molecular formula is C15H21N5S. The molecule has 6 heteroatoms. The van der Waals surface area contributed by atoms with Crippen molar-refractivity contribution in [3.8, 4) is 6.07 Å². The molecule has 0 aliphatic carbocycles. The largest absolute Gasteiger partial charge is 0.355 e. The third-order valence-electron chi connectivity index (χ3n) is 3.41. The van der Waals surface area contributed by atoms with E-state index in [2.05, 4.69) is 46.2 Å². The van der Waals surface area contributed by atoms with Gasteiger partial charge in [-0.05, 0) is 26.3 Å². The molecule has 1 unspecified atom stereocenters. The average molecular weight is 303 g/mol. The minimum Gasteiger partial charge on any atom is -0.355 e. The summed E-state index contributed by atoms with van der Waals surface area (Å²) in [5.41, 5.74) is 0. The zero-order chi connectivity index (χ0) is 15.4. The van der Waals surface area contributed by atoms with E-state index in [9.17, 15) is 0 Å². The molecule has 1 N–H and O–H groups in total. The van der Waals surface area contributed by atoms with Crippen LogP contribution >= 0.6 is 11.3 Å². The lowest BCUT2D eigenvalue weighted by Gasteiger charge is -2.25. The summed E-state index contributed by atoms with van der Waals surface area (Å²) in [7, 11) is 1.99. The molecular weight excluding hydrogens is 282 g/mol. The molecule has 0 radical (unpaired) electrons. The summed E-state index contributed by atoms with van der Waals surface area (Å²) < 4.78 is 0. The van der Waals surface area contributed by atoms with Gasteiger partial charge in [0, 0.05) is 24.5 Å². The maximum atomic E-state index is 8.90. The number of aryl methyl sites for hydroxylation is 1. The van der Waals surface area contributed by atoms with Gasteiger partial charge in [0.1, 0.15) is 10.6 Å². The quantitative estimate of drug-likeness (QED) is 0.884. The normalized spacial score (nSPS) is 12.1. The van der Waals surface area contributed by atoms with E-state index in [1.807, 2.05) is 14.0 Å². The van der Waals surface area contributed by atoms with Gasteiger partial charge in [-0.1, -0.05) is 6.92 Å². The molecule has 2 rings (SSSR count). The van der Waals surface area contributed by atoms with Gasteiger partial charge in [0.05, 0.1) is 17.9 Å². The highest BCUT2D eigenvalue weighted by molar-refractivity contribution is 7.18. The lowest BCUT2D eigenvalue weighted by atomic mass is 10.2. The molecule has 5 nitrogen and oxygen atoms in total. The van der Waals surface area contributed by atoms with E-state index < -0.39 is 0 Å². The van der Waals surface area contributed by atoms with E-state index >= 15 is 0 Å². The number of rotatable bonds is 6. The van der Waals surface area contributed by atoms with Crippen LogP contribution in [0.1, 0.15) is 31.6 Å². The van der Waals surface area contributed by atoms with Gasteiger partial charge in [0.2, 0.25) is 5.95 Å². The second-order valence-electron chi connectivity index (χ2n) is 5.20. The molecule has 0 amide bonds. The van der Waals surface area contributed by atoms with E-state index in [4.69, 9.17) is 5.26 Å². The van der Waals surface area contributed by atoms with Crippen LogP contribution in [0.25, 0.3) is 10.2 Å². The van der Waals surface area contributed by atoms with E-state index in [0.717, 1.165) is 29.0 Å². The Balaban J connectivity index is 2.46. The van der Waals surface area contributed by atoms with Gasteiger partial charge >= 0.3 is 0 Å². The van der Waals surface area contributed by atoms with Crippen molar-refractivity contribution in [2.45, 2.75) is 39.7 Å². The van der Waals surface area contributed by atoms with Crippen LogP contribution in [0, 0.1) is 18.3 Å². The standard InChI is InChI=1S/C15H21N5S/c1-5-8-17-15-18-13(20(4)10(2)6-7-16)12-9-11(3)21-14(12)19-15/h9-10H,5-6,8H2,1-4H3,(H,17,18,19). The Labute approximate surface area is 129 Å². The van der Waals surface area contributed by atoms with Gasteiger partial charge in [-0.15, -0.1) is 11.3 Å². The molecule has 0 saturated carbocycles. The van der Waals surface area contributed by atoms with Crippen molar-refractivity contribution >= 4 is 33.3 Å². The fourth-order valence-corrected chi connectivity index (χ4v) is 2.96. The van der Waals surface area contributed by atoms with E-state index in [0.29, 0.717) is 12.4 Å². The molecule has 0 fully saturated rings. The Morgan fingerprint density at radius 1 is 1.48 bits per heavy atom. The minimum atomic E-state index is 0.118. The zero-order valence-corrected chi connectivity index (χ0v) is 13.8. The monoisotopic (exact) mass is 303 g/mol. The van der Waals surface area contributed by atoms with Gasteiger partial charge in [0.25, 0.3) is 0 Å². The molecule has 0 aliphatic rings. The first-order valence-electron chi connectivity index (χ1n) is 7.18. The lowest BCUT2D eigenvalue weighted by molar-refractivity contribution is 0.696. The summed E-state index contributed by atoms with van der Waals surface area (Å²) in [6, 6.07) is 4.46. The van der Waals surface area contributed by atoms with Crippen molar-refractivity contribution in [1.82, 2.24) is 9.97 Å². The molecule has 0 bridgehead atoms. The lowest BCUT2D eigenvalue weighted by Crippen LogP contribution is -2.29. The fourth-order valence-electron chi connectivity index (χ4n) is 2.09. The highest BCUT2D eigenvalue weighted by atomic mass is 32.1. The second-order valence-corrected chi connectivity index (χ2v) is 6.43. The fraction of sp³-hybridized carbons (Fsp3) is 0.533. The van der Waals surface area contributed by atoms with E-state index in [-0.39, 0.29) is 6.04 Å². The SMILES string of the molecule is CCCNc1nc(N(C)C(C)CC#N)c2cc(C)sc2n1. The summed E-state index contributed by atoms with van der Waals surface area (Å²) in [5, 5.41) is 13.2. The molecule has 0 spiro atoms. The van der Waals surface area contributed by atoms with Crippen LogP contribution in [0.5, 0.6) is 0 Å². The first-order chi connectivity index (χ1) is 10.1. The molecule has 1 atom stereocenters. The third-order valence-corrected chi connectivity index (χ3v) is 4.36. The number of thiophene rings is 1. The molecule has 21 heavy (non-hydrogen) atoms. The van der Waals surface area contributed by atoms with Crippen molar-refractivity contribution in [3.05, 3.63) is 10.9 Å². The molecule has 2 aromatic rings. The smallest absolute Gasteiger partial charge is 0.226 e. The highest BCUT2D eigenvalue weighted by Crippen LogP contribution is 2.32. The van der Waals surface area contributed by atoms with E-state index in [1.54, 1.807) is 11.3 Å². The molecule has 112 valence electrons. The van der Waals surface area contributed by atoms with Gasteiger partial charge < -0.3 is 10.2 Å². The first-order valence-corrected chi connectivity index (χ1v) is 8.00. The number of nitrogens with zero attached hydrogens (tertiary/aromatic N) is 4. The molecule has 2 aromatic heterocycles. The van der Waals surface area contributed by atoms with Crippen LogP contribution in [0.3, 0.4) is 0 Å². The molecule has 0 aliphatic heterocycles. The predicted octanol–water partition coefficient (Wildman–Crippen LogP) is 3.56. The van der Waals surface area contributed by atoms with Crippen LogP contribution in [0.4, 0.5) is 11.8 Å². The average Bonchev–Trinajstić information content (AvgIpc) is 2.83. The summed E-state index contributed by atoms with van der Waals surface area (Å²) in [6.07, 6.45) is 1.50. The van der Waals surface area contributed by atoms with Gasteiger partial charge in [-0.2, -0.15) is 10.2 Å². The number of hydrogen-bond acceptors (Lipinski definition) is 6. The second kappa shape index (κ2) is 6.72. The number of nitrogens with one attached hydrogen (secondary N) is 1. The number of aromatic nitrogens is 2. The number of hydrogen-bond donors (Lipinski definition) is 1. The summed E-state index contributed by atoms with van der Waals surface area (Å²) in [5.74, 6) is 1.56. The summed E-state index contributed by atoms with van der Waals surface area (Å²) >= 11 is 1.67. The minimum absolute atomic E-state index is 0.118. The Morgan fingerprint density at radius 2 is 2.24 bits per heavy atom. The van der Waals surface area contributed by atoms with Crippen molar-refractivity contribution in [2.24, 2.45) is 0 Å². The third kappa shape index (κ3) is 3.42. The van der Waals surface area contributed by atoms with Crippen LogP contribution < -0.4 is 10.2 Å². The van der Waals surface area contributed by atoms with Gasteiger partial charge in [-0.3, -0.25) is 0 Å². The number of nitriles is 1.